The summed E-state index contributed by atoms with van der Waals surface area (Å²) in [5, 5.41) is 3.53. The Labute approximate surface area is 108 Å². The number of rotatable bonds is 6. The van der Waals surface area contributed by atoms with E-state index in [-0.39, 0.29) is 18.0 Å². The molecular formula is C14H22N2O2. The minimum Gasteiger partial charge on any atom is -0.468 e. The largest absolute Gasteiger partial charge is 0.468 e. The molecule has 1 aliphatic rings. The monoisotopic (exact) mass is 250 g/mol. The van der Waals surface area contributed by atoms with Gasteiger partial charge in [-0.25, -0.2) is 0 Å². The maximum Gasteiger partial charge on any atom is 0.222 e. The van der Waals surface area contributed by atoms with Crippen molar-refractivity contribution in [2.75, 3.05) is 13.1 Å². The number of nitrogens with one attached hydrogen (secondary N) is 1. The number of carbonyl (C=O) groups is 1. The van der Waals surface area contributed by atoms with Gasteiger partial charge in [-0.2, -0.15) is 0 Å². The van der Waals surface area contributed by atoms with E-state index in [9.17, 15) is 4.79 Å². The van der Waals surface area contributed by atoms with E-state index in [1.165, 1.54) is 0 Å². The van der Waals surface area contributed by atoms with E-state index >= 15 is 0 Å². The molecule has 18 heavy (non-hydrogen) atoms. The lowest BCUT2D eigenvalue weighted by molar-refractivity contribution is -0.127. The fourth-order valence-corrected chi connectivity index (χ4v) is 2.51. The molecule has 100 valence electrons. The second-order valence-electron chi connectivity index (χ2n) is 4.99. The van der Waals surface area contributed by atoms with E-state index < -0.39 is 0 Å². The summed E-state index contributed by atoms with van der Waals surface area (Å²) in [5.41, 5.74) is 0. The molecule has 1 N–H and O–H groups in total. The fraction of sp³-hybridized carbons (Fsp3) is 0.643. The van der Waals surface area contributed by atoms with Crippen molar-refractivity contribution in [3.8, 4) is 0 Å². The molecule has 0 saturated carbocycles. The zero-order valence-corrected chi connectivity index (χ0v) is 11.2. The molecule has 2 atom stereocenters. The van der Waals surface area contributed by atoms with Gasteiger partial charge in [0, 0.05) is 25.6 Å². The summed E-state index contributed by atoms with van der Waals surface area (Å²) in [5.74, 6) is 1.26. The molecule has 1 amide bonds. The Kier molecular flexibility index (Phi) is 4.42. The Hall–Kier alpha value is -1.29. The van der Waals surface area contributed by atoms with Crippen molar-refractivity contribution in [3.05, 3.63) is 24.2 Å². The smallest absolute Gasteiger partial charge is 0.222 e. The topological polar surface area (TPSA) is 45.5 Å². The van der Waals surface area contributed by atoms with Gasteiger partial charge in [-0.15, -0.1) is 0 Å². The third-order valence-electron chi connectivity index (χ3n) is 3.45. The molecule has 1 saturated heterocycles. The number of nitrogens with zero attached hydrogens (tertiary/aromatic N) is 1. The van der Waals surface area contributed by atoms with Crippen molar-refractivity contribution >= 4 is 5.91 Å². The second-order valence-corrected chi connectivity index (χ2v) is 4.99. The highest BCUT2D eigenvalue weighted by Crippen LogP contribution is 2.18. The highest BCUT2D eigenvalue weighted by atomic mass is 16.3. The summed E-state index contributed by atoms with van der Waals surface area (Å²) in [4.78, 5) is 13.5. The molecule has 1 fully saturated rings. The number of carbonyl (C=O) groups excluding carboxylic acids is 1. The van der Waals surface area contributed by atoms with Crippen LogP contribution in [0.5, 0.6) is 0 Å². The summed E-state index contributed by atoms with van der Waals surface area (Å²) < 4.78 is 5.44. The van der Waals surface area contributed by atoms with Gasteiger partial charge >= 0.3 is 0 Å². The van der Waals surface area contributed by atoms with Gasteiger partial charge in [-0.05, 0) is 31.9 Å². The van der Waals surface area contributed by atoms with Crippen molar-refractivity contribution in [2.45, 2.75) is 45.2 Å². The molecule has 2 rings (SSSR count). The van der Waals surface area contributed by atoms with Crippen LogP contribution >= 0.6 is 0 Å². The molecular weight excluding hydrogens is 228 g/mol. The summed E-state index contributed by atoms with van der Waals surface area (Å²) in [6.07, 6.45) is 4.39. The van der Waals surface area contributed by atoms with Crippen LogP contribution in [0.15, 0.2) is 22.8 Å². The van der Waals surface area contributed by atoms with E-state index in [0.29, 0.717) is 6.42 Å². The van der Waals surface area contributed by atoms with Crippen LogP contribution in [0.3, 0.4) is 0 Å². The summed E-state index contributed by atoms with van der Waals surface area (Å²) in [6, 6.07) is 4.42. The summed E-state index contributed by atoms with van der Waals surface area (Å²) in [6.45, 7) is 5.95. The maximum atomic E-state index is 11.6. The zero-order chi connectivity index (χ0) is 13.0. The van der Waals surface area contributed by atoms with Crippen molar-refractivity contribution in [1.29, 1.82) is 0 Å². The Balaban J connectivity index is 1.85. The van der Waals surface area contributed by atoms with Crippen LogP contribution in [-0.4, -0.2) is 29.9 Å². The van der Waals surface area contributed by atoms with Gasteiger partial charge < -0.3 is 14.6 Å². The van der Waals surface area contributed by atoms with Gasteiger partial charge in [0.1, 0.15) is 5.76 Å². The first-order valence-electron chi connectivity index (χ1n) is 6.78. The predicted molar refractivity (Wildman–Crippen MR) is 70.2 cm³/mol. The van der Waals surface area contributed by atoms with Crippen LogP contribution in [0.1, 0.15) is 44.9 Å². The molecule has 2 heterocycles. The molecule has 0 aromatic carbocycles. The molecule has 1 aromatic rings. The lowest BCUT2D eigenvalue weighted by atomic mass is 10.1. The lowest BCUT2D eigenvalue weighted by Gasteiger charge is -2.25. The highest BCUT2D eigenvalue weighted by molar-refractivity contribution is 5.78. The van der Waals surface area contributed by atoms with Crippen LogP contribution in [0.2, 0.25) is 0 Å². The molecule has 1 aliphatic heterocycles. The van der Waals surface area contributed by atoms with Gasteiger partial charge in [0.05, 0.1) is 12.3 Å². The quantitative estimate of drug-likeness (QED) is 0.843. The normalized spacial score (nSPS) is 19.2. The molecule has 4 nitrogen and oxygen atoms in total. The van der Waals surface area contributed by atoms with Crippen LogP contribution < -0.4 is 5.32 Å². The average molecular weight is 250 g/mol. The molecule has 1 aromatic heterocycles. The van der Waals surface area contributed by atoms with Crippen LogP contribution in [0, 0.1) is 0 Å². The van der Waals surface area contributed by atoms with Gasteiger partial charge in [0.25, 0.3) is 0 Å². The molecule has 4 heteroatoms. The predicted octanol–water partition coefficient (Wildman–Crippen LogP) is 2.33. The maximum absolute atomic E-state index is 11.6. The first-order chi connectivity index (χ1) is 8.70. The molecule has 0 spiro atoms. The summed E-state index contributed by atoms with van der Waals surface area (Å²) >= 11 is 0. The van der Waals surface area contributed by atoms with Crippen molar-refractivity contribution in [1.82, 2.24) is 10.2 Å². The average Bonchev–Trinajstić information content (AvgIpc) is 2.99. The number of furan rings is 1. The standard InChI is InChI=1S/C14H22N2O2/c1-3-12(13-6-5-9-18-13)15-11(2)10-16-8-4-7-14(16)17/h5-6,9,11-12,15H,3-4,7-8,10H2,1-2H3. The first kappa shape index (κ1) is 13.1. The molecule has 2 unspecified atom stereocenters. The van der Waals surface area contributed by atoms with Crippen molar-refractivity contribution in [2.24, 2.45) is 0 Å². The molecule has 0 bridgehead atoms. The summed E-state index contributed by atoms with van der Waals surface area (Å²) in [7, 11) is 0. The number of hydrogen-bond acceptors (Lipinski definition) is 3. The fourth-order valence-electron chi connectivity index (χ4n) is 2.51. The third-order valence-corrected chi connectivity index (χ3v) is 3.45. The van der Waals surface area contributed by atoms with E-state index in [1.54, 1.807) is 6.26 Å². The Morgan fingerprint density at radius 1 is 1.56 bits per heavy atom. The molecule has 0 aliphatic carbocycles. The third kappa shape index (κ3) is 3.13. The SMILES string of the molecule is CCC(NC(C)CN1CCCC1=O)c1ccco1. The van der Waals surface area contributed by atoms with Crippen molar-refractivity contribution in [3.63, 3.8) is 0 Å². The minimum absolute atomic E-state index is 0.229. The van der Waals surface area contributed by atoms with Crippen LogP contribution in [0.4, 0.5) is 0 Å². The van der Waals surface area contributed by atoms with Gasteiger partial charge in [0.2, 0.25) is 5.91 Å². The van der Waals surface area contributed by atoms with E-state index in [4.69, 9.17) is 4.42 Å². The van der Waals surface area contributed by atoms with Gasteiger partial charge in [0.15, 0.2) is 0 Å². The Bertz CT molecular complexity index is 375. The number of amides is 1. The lowest BCUT2D eigenvalue weighted by Crippen LogP contribution is -2.41. The minimum atomic E-state index is 0.229. The number of likely N-dealkylation sites (tertiary alicyclic amines) is 1. The first-order valence-corrected chi connectivity index (χ1v) is 6.78. The number of hydrogen-bond donors (Lipinski definition) is 1. The highest BCUT2D eigenvalue weighted by Gasteiger charge is 2.23. The Morgan fingerprint density at radius 3 is 2.94 bits per heavy atom. The van der Waals surface area contributed by atoms with Gasteiger partial charge in [-0.1, -0.05) is 6.92 Å². The second kappa shape index (κ2) is 6.05. The van der Waals surface area contributed by atoms with Crippen LogP contribution in [-0.2, 0) is 4.79 Å². The van der Waals surface area contributed by atoms with E-state index in [0.717, 1.165) is 31.7 Å². The van der Waals surface area contributed by atoms with Crippen LogP contribution in [0.25, 0.3) is 0 Å². The Morgan fingerprint density at radius 2 is 2.39 bits per heavy atom. The van der Waals surface area contributed by atoms with E-state index in [1.807, 2.05) is 17.0 Å². The van der Waals surface area contributed by atoms with Crippen molar-refractivity contribution < 1.29 is 9.21 Å². The van der Waals surface area contributed by atoms with Gasteiger partial charge in [-0.3, -0.25) is 4.79 Å². The molecule has 0 radical (unpaired) electrons. The zero-order valence-electron chi connectivity index (χ0n) is 11.2. The van der Waals surface area contributed by atoms with E-state index in [2.05, 4.69) is 19.2 Å².